The Balaban J connectivity index is 2.18. The highest BCUT2D eigenvalue weighted by atomic mass is 79.9. The Morgan fingerprint density at radius 2 is 2.05 bits per heavy atom. The van der Waals surface area contributed by atoms with Crippen LogP contribution >= 0.6 is 15.9 Å². The zero-order chi connectivity index (χ0) is 13.4. The molecule has 0 radical (unpaired) electrons. The largest absolute Gasteiger partial charge is 0.481 e. The van der Waals surface area contributed by atoms with Crippen molar-refractivity contribution < 1.29 is 4.74 Å². The lowest BCUT2D eigenvalue weighted by atomic mass is 10.2. The number of rotatable bonds is 2. The number of aromatic amines is 1. The number of benzene rings is 1. The van der Waals surface area contributed by atoms with Gasteiger partial charge in [0.2, 0.25) is 5.88 Å². The van der Waals surface area contributed by atoms with E-state index in [0.29, 0.717) is 23.0 Å². The molecular weight excluding hydrogens is 308 g/mol. The molecule has 0 spiro atoms. The van der Waals surface area contributed by atoms with Crippen LogP contribution in [0.25, 0.3) is 22.6 Å². The van der Waals surface area contributed by atoms with Gasteiger partial charge in [-0.3, -0.25) is 0 Å². The number of hydrogen-bond acceptors (Lipinski definition) is 4. The van der Waals surface area contributed by atoms with Crippen molar-refractivity contribution in [3.05, 3.63) is 34.8 Å². The summed E-state index contributed by atoms with van der Waals surface area (Å²) in [7, 11) is 1.58. The lowest BCUT2D eigenvalue weighted by Gasteiger charge is -2.03. The average Bonchev–Trinajstić information content (AvgIpc) is 2.84. The molecule has 0 fully saturated rings. The fourth-order valence-electron chi connectivity index (χ4n) is 1.86. The highest BCUT2D eigenvalue weighted by molar-refractivity contribution is 9.10. The summed E-state index contributed by atoms with van der Waals surface area (Å²) in [6.07, 6.45) is 0. The van der Waals surface area contributed by atoms with Gasteiger partial charge in [-0.15, -0.1) is 0 Å². The van der Waals surface area contributed by atoms with E-state index < -0.39 is 0 Å². The molecule has 96 valence electrons. The van der Waals surface area contributed by atoms with Gasteiger partial charge in [0.25, 0.3) is 0 Å². The van der Waals surface area contributed by atoms with Gasteiger partial charge in [0.15, 0.2) is 5.65 Å². The van der Waals surface area contributed by atoms with E-state index in [2.05, 4.69) is 30.9 Å². The van der Waals surface area contributed by atoms with Crippen LogP contribution in [-0.2, 0) is 0 Å². The Kier molecular flexibility index (Phi) is 2.87. The molecular formula is C13H11BrN4O. The quantitative estimate of drug-likeness (QED) is 0.712. The number of pyridine rings is 1. The monoisotopic (exact) mass is 318 g/mol. The molecule has 0 bridgehead atoms. The second-order valence-electron chi connectivity index (χ2n) is 4.01. The summed E-state index contributed by atoms with van der Waals surface area (Å²) in [5, 5.41) is 0. The molecule has 0 amide bonds. The summed E-state index contributed by atoms with van der Waals surface area (Å²) in [6, 6.07) is 9.38. The van der Waals surface area contributed by atoms with Gasteiger partial charge in [0.05, 0.1) is 18.3 Å². The molecule has 0 aliphatic rings. The second kappa shape index (κ2) is 4.55. The molecule has 0 atom stereocenters. The number of anilines is 1. The van der Waals surface area contributed by atoms with E-state index in [1.54, 1.807) is 13.2 Å². The predicted octanol–water partition coefficient (Wildman–Crippen LogP) is 2.98. The number of halogens is 1. The SMILES string of the molecule is COc1ccc2[nH]c(-c3cccc(Br)c3N)nc2n1. The number of nitrogens with two attached hydrogens (primary N) is 1. The summed E-state index contributed by atoms with van der Waals surface area (Å²) in [5.74, 6) is 1.22. The van der Waals surface area contributed by atoms with Gasteiger partial charge < -0.3 is 15.5 Å². The molecule has 6 heteroatoms. The van der Waals surface area contributed by atoms with Crippen LogP contribution < -0.4 is 10.5 Å². The van der Waals surface area contributed by atoms with Gasteiger partial charge in [0, 0.05) is 16.1 Å². The first-order chi connectivity index (χ1) is 9.19. The molecule has 0 aliphatic heterocycles. The van der Waals surface area contributed by atoms with Crippen LogP contribution in [0.2, 0.25) is 0 Å². The first-order valence-electron chi connectivity index (χ1n) is 5.64. The number of aromatic nitrogens is 3. The lowest BCUT2D eigenvalue weighted by molar-refractivity contribution is 0.399. The Morgan fingerprint density at radius 1 is 1.21 bits per heavy atom. The Labute approximate surface area is 118 Å². The summed E-state index contributed by atoms with van der Waals surface area (Å²) in [5.41, 5.74) is 8.97. The number of nitrogens with zero attached hydrogens (tertiary/aromatic N) is 2. The van der Waals surface area contributed by atoms with Crippen molar-refractivity contribution in [1.82, 2.24) is 15.0 Å². The van der Waals surface area contributed by atoms with Gasteiger partial charge >= 0.3 is 0 Å². The van der Waals surface area contributed by atoms with Crippen LogP contribution in [0.15, 0.2) is 34.8 Å². The van der Waals surface area contributed by atoms with E-state index in [1.165, 1.54) is 0 Å². The Morgan fingerprint density at radius 3 is 2.84 bits per heavy atom. The summed E-state index contributed by atoms with van der Waals surface area (Å²) >= 11 is 3.41. The van der Waals surface area contributed by atoms with E-state index in [1.807, 2.05) is 24.3 Å². The number of H-pyrrole nitrogens is 1. The van der Waals surface area contributed by atoms with Crippen LogP contribution in [0.3, 0.4) is 0 Å². The molecule has 19 heavy (non-hydrogen) atoms. The minimum Gasteiger partial charge on any atom is -0.481 e. The van der Waals surface area contributed by atoms with E-state index in [4.69, 9.17) is 10.5 Å². The van der Waals surface area contributed by atoms with Gasteiger partial charge in [0.1, 0.15) is 5.82 Å². The van der Waals surface area contributed by atoms with Crippen LogP contribution in [0.1, 0.15) is 0 Å². The molecule has 1 aromatic carbocycles. The normalized spacial score (nSPS) is 10.8. The number of imidazole rings is 1. The van der Waals surface area contributed by atoms with E-state index >= 15 is 0 Å². The maximum atomic E-state index is 6.04. The van der Waals surface area contributed by atoms with Crippen molar-refractivity contribution in [3.63, 3.8) is 0 Å². The standard InChI is InChI=1S/C13H11BrN4O/c1-19-10-6-5-9-13(17-10)18-12(16-9)7-3-2-4-8(14)11(7)15/h2-6H,15H2,1H3,(H,16,17,18). The molecule has 3 N–H and O–H groups in total. The summed E-state index contributed by atoms with van der Waals surface area (Å²) < 4.78 is 5.93. The first-order valence-corrected chi connectivity index (χ1v) is 6.43. The zero-order valence-corrected chi connectivity index (χ0v) is 11.7. The van der Waals surface area contributed by atoms with Crippen molar-refractivity contribution in [1.29, 1.82) is 0 Å². The number of methoxy groups -OCH3 is 1. The highest BCUT2D eigenvalue weighted by Crippen LogP contribution is 2.31. The van der Waals surface area contributed by atoms with E-state index in [-0.39, 0.29) is 0 Å². The van der Waals surface area contributed by atoms with Crippen LogP contribution in [0.5, 0.6) is 5.88 Å². The zero-order valence-electron chi connectivity index (χ0n) is 10.1. The minimum atomic E-state index is 0.535. The maximum absolute atomic E-state index is 6.04. The smallest absolute Gasteiger partial charge is 0.215 e. The molecule has 0 saturated carbocycles. The van der Waals surface area contributed by atoms with Crippen LogP contribution in [0, 0.1) is 0 Å². The lowest BCUT2D eigenvalue weighted by Crippen LogP contribution is -1.92. The van der Waals surface area contributed by atoms with Crippen LogP contribution in [-0.4, -0.2) is 22.1 Å². The van der Waals surface area contributed by atoms with Gasteiger partial charge in [-0.25, -0.2) is 4.98 Å². The number of fused-ring (bicyclic) bond motifs is 1. The van der Waals surface area contributed by atoms with Crippen molar-refractivity contribution in [2.75, 3.05) is 12.8 Å². The summed E-state index contributed by atoms with van der Waals surface area (Å²) in [4.78, 5) is 11.9. The van der Waals surface area contributed by atoms with E-state index in [9.17, 15) is 0 Å². The van der Waals surface area contributed by atoms with Crippen molar-refractivity contribution in [2.24, 2.45) is 0 Å². The molecule has 2 heterocycles. The number of hydrogen-bond donors (Lipinski definition) is 2. The number of nitrogen functional groups attached to an aromatic ring is 1. The van der Waals surface area contributed by atoms with Gasteiger partial charge in [-0.2, -0.15) is 4.98 Å². The third-order valence-corrected chi connectivity index (χ3v) is 3.53. The number of nitrogens with one attached hydrogen (secondary N) is 1. The number of ether oxygens (including phenoxy) is 1. The second-order valence-corrected chi connectivity index (χ2v) is 4.87. The van der Waals surface area contributed by atoms with E-state index in [0.717, 1.165) is 15.6 Å². The predicted molar refractivity (Wildman–Crippen MR) is 78.0 cm³/mol. The third kappa shape index (κ3) is 2.04. The van der Waals surface area contributed by atoms with Gasteiger partial charge in [-0.05, 0) is 34.1 Å². The maximum Gasteiger partial charge on any atom is 0.215 e. The molecule has 2 aromatic heterocycles. The fourth-order valence-corrected chi connectivity index (χ4v) is 2.23. The topological polar surface area (TPSA) is 76.8 Å². The van der Waals surface area contributed by atoms with Crippen molar-refractivity contribution in [3.8, 4) is 17.3 Å². The first kappa shape index (κ1) is 12.0. The third-order valence-electron chi connectivity index (χ3n) is 2.84. The summed E-state index contributed by atoms with van der Waals surface area (Å²) in [6.45, 7) is 0. The highest BCUT2D eigenvalue weighted by Gasteiger charge is 2.11. The molecule has 0 aliphatic carbocycles. The molecule has 5 nitrogen and oxygen atoms in total. The molecule has 0 saturated heterocycles. The average molecular weight is 319 g/mol. The number of para-hydroxylation sites is 1. The van der Waals surface area contributed by atoms with Gasteiger partial charge in [-0.1, -0.05) is 6.07 Å². The van der Waals surface area contributed by atoms with Crippen molar-refractivity contribution in [2.45, 2.75) is 0 Å². The molecule has 3 aromatic rings. The Bertz CT molecular complexity index is 753. The fraction of sp³-hybridized carbons (Fsp3) is 0.0769. The van der Waals surface area contributed by atoms with Crippen molar-refractivity contribution >= 4 is 32.8 Å². The Hall–Kier alpha value is -2.08. The minimum absolute atomic E-state index is 0.535. The van der Waals surface area contributed by atoms with Crippen LogP contribution in [0.4, 0.5) is 5.69 Å². The molecule has 0 unspecified atom stereocenters. The molecule has 3 rings (SSSR count).